The van der Waals surface area contributed by atoms with Gasteiger partial charge in [0.1, 0.15) is 0 Å². The number of nitrogens with zero attached hydrogens (tertiary/aromatic N) is 1. The molecule has 29 heavy (non-hydrogen) atoms. The van der Waals surface area contributed by atoms with Gasteiger partial charge >= 0.3 is 5.97 Å². The molecule has 0 aliphatic heterocycles. The fourth-order valence-electron chi connectivity index (χ4n) is 3.17. The van der Waals surface area contributed by atoms with E-state index in [0.29, 0.717) is 5.41 Å². The molecular weight excluding hydrogens is 430 g/mol. The highest BCUT2D eigenvalue weighted by molar-refractivity contribution is 9.10. The third kappa shape index (κ3) is 9.00. The number of pyridine rings is 1. The Morgan fingerprint density at radius 3 is 2.28 bits per heavy atom. The van der Waals surface area contributed by atoms with Crippen LogP contribution >= 0.6 is 15.9 Å². The maximum absolute atomic E-state index is 12.2. The Hall–Kier alpha value is -1.20. The van der Waals surface area contributed by atoms with E-state index in [1.54, 1.807) is 20.8 Å². The fourth-order valence-corrected chi connectivity index (χ4v) is 3.75. The van der Waals surface area contributed by atoms with E-state index in [1.807, 2.05) is 27.7 Å². The first kappa shape index (κ1) is 25.8. The van der Waals surface area contributed by atoms with Gasteiger partial charge in [-0.3, -0.25) is 9.78 Å². The fraction of sp³-hybridized carbons (Fsp3) is 0.667. The first-order valence-corrected chi connectivity index (χ1v) is 11.2. The minimum absolute atomic E-state index is 0.0993. The van der Waals surface area contributed by atoms with Gasteiger partial charge in [0.15, 0.2) is 0 Å². The second-order valence-corrected chi connectivity index (χ2v) is 10.7. The number of carbonyl (C=O) groups is 1. The minimum Gasteiger partial charge on any atom is -0.463 e. The van der Waals surface area contributed by atoms with E-state index < -0.39 is 5.60 Å². The van der Waals surface area contributed by atoms with Crippen molar-refractivity contribution in [3.63, 3.8) is 0 Å². The van der Waals surface area contributed by atoms with Crippen molar-refractivity contribution in [3.05, 3.63) is 33.1 Å². The Kier molecular flexibility index (Phi) is 9.10. The summed E-state index contributed by atoms with van der Waals surface area (Å²) in [7, 11) is 0. The lowest BCUT2D eigenvalue weighted by Gasteiger charge is -2.30. The number of aryl methyl sites for hydroxylation is 2. The van der Waals surface area contributed by atoms with Crippen molar-refractivity contribution < 1.29 is 14.6 Å². The van der Waals surface area contributed by atoms with Gasteiger partial charge in [0.05, 0.1) is 23.8 Å². The molecule has 0 atom stereocenters. The predicted molar refractivity (Wildman–Crippen MR) is 124 cm³/mol. The van der Waals surface area contributed by atoms with Crippen LogP contribution in [0.25, 0.3) is 5.57 Å². The molecule has 0 amide bonds. The Morgan fingerprint density at radius 2 is 1.83 bits per heavy atom. The number of hydrogen-bond acceptors (Lipinski definition) is 4. The van der Waals surface area contributed by atoms with Gasteiger partial charge in [0.25, 0.3) is 0 Å². The van der Waals surface area contributed by atoms with Crippen LogP contribution in [0.2, 0.25) is 0 Å². The summed E-state index contributed by atoms with van der Waals surface area (Å²) in [5, 5.41) is 8.52. The van der Waals surface area contributed by atoms with Gasteiger partial charge in [0, 0.05) is 10.2 Å². The quantitative estimate of drug-likeness (QED) is 0.525. The summed E-state index contributed by atoms with van der Waals surface area (Å²) < 4.78 is 6.36. The van der Waals surface area contributed by atoms with Crippen LogP contribution in [-0.4, -0.2) is 27.8 Å². The van der Waals surface area contributed by atoms with Crippen molar-refractivity contribution in [2.75, 3.05) is 0 Å². The molecule has 0 saturated carbocycles. The van der Waals surface area contributed by atoms with Crippen LogP contribution in [0, 0.1) is 19.3 Å². The monoisotopic (exact) mass is 467 g/mol. The number of aliphatic hydroxyl groups is 1. The maximum Gasteiger partial charge on any atom is 0.310 e. The number of ether oxygens (including phenoxy) is 1. The third-order valence-electron chi connectivity index (χ3n) is 4.59. The standard InChI is InChI=1S/C20H28BrNO2.C4H10O/c1-12(2)24-17(23)11-16-13(3)22-14(4)19(21)18(16)15-7-9-20(5,6)10-8-15;1-4(2,3)5/h7,12H,8-11H2,1-6H3;5H,1-3H3. The SMILES string of the molecule is CC(C)(C)O.Cc1nc(C)c(CC(=O)OC(C)C)c(C2=CCC(C)(C)CC2)c1Br. The van der Waals surface area contributed by atoms with Crippen molar-refractivity contribution in [1.82, 2.24) is 4.98 Å². The van der Waals surface area contributed by atoms with Crippen LogP contribution in [0.3, 0.4) is 0 Å². The Morgan fingerprint density at radius 1 is 1.28 bits per heavy atom. The summed E-state index contributed by atoms with van der Waals surface area (Å²) in [6.45, 7) is 17.6. The Bertz CT molecular complexity index is 752. The zero-order valence-electron chi connectivity index (χ0n) is 19.6. The van der Waals surface area contributed by atoms with Gasteiger partial charge in [-0.05, 0) is 106 Å². The highest BCUT2D eigenvalue weighted by Gasteiger charge is 2.26. The molecule has 2 rings (SSSR count). The van der Waals surface area contributed by atoms with E-state index in [2.05, 4.69) is 40.8 Å². The summed E-state index contributed by atoms with van der Waals surface area (Å²) in [6, 6.07) is 0. The topological polar surface area (TPSA) is 59.4 Å². The lowest BCUT2D eigenvalue weighted by Crippen LogP contribution is -2.18. The summed E-state index contributed by atoms with van der Waals surface area (Å²) >= 11 is 3.71. The van der Waals surface area contributed by atoms with Crippen molar-refractivity contribution >= 4 is 27.5 Å². The second-order valence-electron chi connectivity index (χ2n) is 9.93. The average Bonchev–Trinajstić information content (AvgIpc) is 2.51. The highest BCUT2D eigenvalue weighted by Crippen LogP contribution is 2.42. The molecule has 0 aromatic carbocycles. The van der Waals surface area contributed by atoms with Crippen LogP contribution in [0.5, 0.6) is 0 Å². The van der Waals surface area contributed by atoms with Crippen molar-refractivity contribution in [3.8, 4) is 0 Å². The molecule has 0 radical (unpaired) electrons. The number of esters is 1. The molecule has 1 aliphatic carbocycles. The molecular formula is C24H38BrNO3. The van der Waals surface area contributed by atoms with E-state index >= 15 is 0 Å². The van der Waals surface area contributed by atoms with Crippen LogP contribution < -0.4 is 0 Å². The molecule has 1 N–H and O–H groups in total. The highest BCUT2D eigenvalue weighted by atomic mass is 79.9. The molecule has 4 nitrogen and oxygen atoms in total. The van der Waals surface area contributed by atoms with E-state index in [0.717, 1.165) is 46.2 Å². The summed E-state index contributed by atoms with van der Waals surface area (Å²) in [5.74, 6) is -0.191. The maximum atomic E-state index is 12.2. The zero-order chi connectivity index (χ0) is 22.6. The van der Waals surface area contributed by atoms with Gasteiger partial charge in [-0.15, -0.1) is 0 Å². The Labute approximate surface area is 185 Å². The first-order valence-electron chi connectivity index (χ1n) is 10.4. The van der Waals surface area contributed by atoms with Gasteiger partial charge in [-0.1, -0.05) is 19.9 Å². The summed E-state index contributed by atoms with van der Waals surface area (Å²) in [4.78, 5) is 16.8. The molecule has 0 saturated heterocycles. The second kappa shape index (κ2) is 10.2. The van der Waals surface area contributed by atoms with Gasteiger partial charge < -0.3 is 9.84 Å². The molecule has 0 bridgehead atoms. The van der Waals surface area contributed by atoms with Crippen molar-refractivity contribution in [2.45, 2.75) is 99.7 Å². The number of rotatable bonds is 4. The molecule has 1 heterocycles. The minimum atomic E-state index is -0.500. The van der Waals surface area contributed by atoms with E-state index in [4.69, 9.17) is 9.84 Å². The third-order valence-corrected chi connectivity index (χ3v) is 5.56. The van der Waals surface area contributed by atoms with Crippen molar-refractivity contribution in [2.24, 2.45) is 5.41 Å². The van der Waals surface area contributed by atoms with E-state index in [1.165, 1.54) is 5.57 Å². The van der Waals surface area contributed by atoms with Crippen LogP contribution in [0.4, 0.5) is 0 Å². The number of halogens is 1. The van der Waals surface area contributed by atoms with Gasteiger partial charge in [0.2, 0.25) is 0 Å². The van der Waals surface area contributed by atoms with Gasteiger partial charge in [-0.25, -0.2) is 0 Å². The Balaban J connectivity index is 0.000000749. The number of carbonyl (C=O) groups excluding carboxylic acids is 1. The zero-order valence-corrected chi connectivity index (χ0v) is 21.2. The smallest absolute Gasteiger partial charge is 0.310 e. The van der Waals surface area contributed by atoms with Crippen LogP contribution in [0.15, 0.2) is 10.5 Å². The molecule has 1 aliphatic rings. The molecule has 5 heteroatoms. The number of aromatic nitrogens is 1. The van der Waals surface area contributed by atoms with Crippen molar-refractivity contribution in [1.29, 1.82) is 0 Å². The number of allylic oxidation sites excluding steroid dienone is 2. The lowest BCUT2D eigenvalue weighted by molar-refractivity contribution is -0.146. The molecule has 164 valence electrons. The van der Waals surface area contributed by atoms with E-state index in [9.17, 15) is 4.79 Å². The summed E-state index contributed by atoms with van der Waals surface area (Å²) in [5.41, 5.74) is 5.19. The number of hydrogen-bond donors (Lipinski definition) is 1. The molecule has 1 aromatic rings. The largest absolute Gasteiger partial charge is 0.463 e. The molecule has 0 unspecified atom stereocenters. The van der Waals surface area contributed by atoms with E-state index in [-0.39, 0.29) is 18.5 Å². The predicted octanol–water partition coefficient (Wildman–Crippen LogP) is 6.33. The lowest BCUT2D eigenvalue weighted by atomic mass is 9.76. The van der Waals surface area contributed by atoms with Gasteiger partial charge in [-0.2, -0.15) is 0 Å². The first-order chi connectivity index (χ1) is 13.1. The molecule has 0 fully saturated rings. The van der Waals surface area contributed by atoms with Crippen LogP contribution in [0.1, 0.15) is 90.2 Å². The normalized spacial score (nSPS) is 16.1. The molecule has 0 spiro atoms. The molecule has 1 aromatic heterocycles. The van der Waals surface area contributed by atoms with Crippen LogP contribution in [-0.2, 0) is 16.0 Å². The average molecular weight is 468 g/mol. The summed E-state index contributed by atoms with van der Waals surface area (Å²) in [6.07, 6.45) is 5.75.